The number of carbonyl (C=O) groups excluding carboxylic acids is 5. The van der Waals surface area contributed by atoms with Gasteiger partial charge in [0.1, 0.15) is 0 Å². The number of rotatable bonds is 5. The van der Waals surface area contributed by atoms with Crippen molar-refractivity contribution in [3.63, 3.8) is 0 Å². The van der Waals surface area contributed by atoms with Crippen LogP contribution in [0.1, 0.15) is 33.6 Å². The van der Waals surface area contributed by atoms with Crippen molar-refractivity contribution in [3.05, 3.63) is 76.8 Å². The molecule has 1 heterocycles. The zero-order valence-corrected chi connectivity index (χ0v) is 18.6. The Hall–Kier alpha value is -3.98. The van der Waals surface area contributed by atoms with Gasteiger partial charge < -0.3 is 4.74 Å². The minimum absolute atomic E-state index is 0.0685. The van der Waals surface area contributed by atoms with Crippen LogP contribution in [-0.4, -0.2) is 36.2 Å². The summed E-state index contributed by atoms with van der Waals surface area (Å²) in [6.07, 6.45) is 4.81. The van der Waals surface area contributed by atoms with Crippen LogP contribution in [0, 0.1) is 11.8 Å². The fraction of sp³-hybridized carbons (Fsp3) is 0.208. The molecule has 10 heteroatoms. The van der Waals surface area contributed by atoms with Gasteiger partial charge in [-0.15, -0.1) is 0 Å². The van der Waals surface area contributed by atoms with Gasteiger partial charge in [-0.3, -0.25) is 34.9 Å². The van der Waals surface area contributed by atoms with Gasteiger partial charge in [-0.05, 0) is 43.2 Å². The number of amides is 4. The third-order valence-corrected chi connectivity index (χ3v) is 5.95. The van der Waals surface area contributed by atoms with E-state index < -0.39 is 36.2 Å². The van der Waals surface area contributed by atoms with Gasteiger partial charge >= 0.3 is 5.97 Å². The topological polar surface area (TPSA) is 122 Å². The normalized spacial score (nSPS) is 18.9. The number of allylic oxidation sites excluding steroid dienone is 2. The Morgan fingerprint density at radius 1 is 0.941 bits per heavy atom. The van der Waals surface area contributed by atoms with Crippen molar-refractivity contribution < 1.29 is 28.7 Å². The van der Waals surface area contributed by atoms with Crippen molar-refractivity contribution in [2.75, 3.05) is 11.5 Å². The molecule has 0 bridgehead atoms. The van der Waals surface area contributed by atoms with Crippen molar-refractivity contribution in [2.24, 2.45) is 11.8 Å². The fourth-order valence-corrected chi connectivity index (χ4v) is 4.14. The lowest BCUT2D eigenvalue weighted by Gasteiger charge is -2.15. The molecule has 0 spiro atoms. The highest BCUT2D eigenvalue weighted by Gasteiger charge is 2.47. The Morgan fingerprint density at radius 3 is 2.29 bits per heavy atom. The van der Waals surface area contributed by atoms with E-state index in [0.29, 0.717) is 12.8 Å². The molecular weight excluding hydrogens is 462 g/mol. The molecule has 2 N–H and O–H groups in total. The number of fused-ring (bicyclic) bond motifs is 1. The summed E-state index contributed by atoms with van der Waals surface area (Å²) < 4.78 is 4.99. The number of halogens is 1. The molecule has 2 aliphatic rings. The minimum Gasteiger partial charge on any atom is -0.452 e. The molecule has 174 valence electrons. The molecule has 1 aliphatic carbocycles. The maximum Gasteiger partial charge on any atom is 0.338 e. The van der Waals surface area contributed by atoms with Crippen LogP contribution in [0.3, 0.4) is 0 Å². The third kappa shape index (κ3) is 4.69. The van der Waals surface area contributed by atoms with E-state index in [4.69, 9.17) is 16.3 Å². The first-order chi connectivity index (χ1) is 16.4. The average molecular weight is 482 g/mol. The first-order valence-electron chi connectivity index (χ1n) is 10.5. The van der Waals surface area contributed by atoms with Crippen molar-refractivity contribution in [3.8, 4) is 0 Å². The fourth-order valence-electron chi connectivity index (χ4n) is 3.92. The van der Waals surface area contributed by atoms with Gasteiger partial charge in [0, 0.05) is 0 Å². The molecular formula is C24H20ClN3O6. The Labute approximate surface area is 199 Å². The predicted molar refractivity (Wildman–Crippen MR) is 122 cm³/mol. The molecule has 4 rings (SSSR count). The molecule has 2 aromatic carbocycles. The molecule has 1 fully saturated rings. The zero-order chi connectivity index (χ0) is 24.2. The number of anilines is 1. The van der Waals surface area contributed by atoms with Gasteiger partial charge in [-0.1, -0.05) is 42.0 Å². The third-order valence-electron chi connectivity index (χ3n) is 5.62. The lowest BCUT2D eigenvalue weighted by molar-refractivity contribution is -0.125. The Bertz CT molecular complexity index is 1180. The number of hydrogen-bond donors (Lipinski definition) is 2. The summed E-state index contributed by atoms with van der Waals surface area (Å²) in [5.41, 5.74) is 4.82. The maximum absolute atomic E-state index is 12.8. The Morgan fingerprint density at radius 2 is 1.62 bits per heavy atom. The molecule has 0 saturated carbocycles. The standard InChI is InChI=1S/C24H20ClN3O6/c25-19-11-4-3-10-18(19)21(30)27-26-20(29)13-34-24(33)14-6-5-7-15(12-14)28-22(31)16-8-1-2-9-17(16)23(28)32/h1-7,10-12,16-17H,8-9,13H2,(H,26,29)(H,27,30)/t16-,17+. The van der Waals surface area contributed by atoms with E-state index >= 15 is 0 Å². The van der Waals surface area contributed by atoms with Crippen LogP contribution in [0.4, 0.5) is 5.69 Å². The number of nitrogens with one attached hydrogen (secondary N) is 2. The molecule has 2 atom stereocenters. The van der Waals surface area contributed by atoms with Gasteiger partial charge in [0.05, 0.1) is 33.7 Å². The van der Waals surface area contributed by atoms with E-state index in [-0.39, 0.29) is 33.7 Å². The second-order valence-electron chi connectivity index (χ2n) is 7.78. The number of hydrogen-bond acceptors (Lipinski definition) is 6. The van der Waals surface area contributed by atoms with Gasteiger partial charge in [0.25, 0.3) is 11.8 Å². The quantitative estimate of drug-likeness (QED) is 0.293. The van der Waals surface area contributed by atoms with Crippen LogP contribution in [0.15, 0.2) is 60.7 Å². The maximum atomic E-state index is 12.8. The number of ether oxygens (including phenoxy) is 1. The molecule has 34 heavy (non-hydrogen) atoms. The van der Waals surface area contributed by atoms with Crippen molar-refractivity contribution in [1.82, 2.24) is 10.9 Å². The number of hydrazine groups is 1. The number of benzene rings is 2. The van der Waals surface area contributed by atoms with Crippen molar-refractivity contribution in [1.29, 1.82) is 0 Å². The molecule has 0 aromatic heterocycles. The van der Waals surface area contributed by atoms with Crippen LogP contribution in [0.5, 0.6) is 0 Å². The lowest BCUT2D eigenvalue weighted by Crippen LogP contribution is -2.43. The number of imide groups is 1. The van der Waals surface area contributed by atoms with Gasteiger partial charge in [0.15, 0.2) is 6.61 Å². The molecule has 4 amide bonds. The molecule has 0 radical (unpaired) electrons. The number of carbonyl (C=O) groups is 5. The monoisotopic (exact) mass is 481 g/mol. The summed E-state index contributed by atoms with van der Waals surface area (Å²) in [6.45, 7) is -0.663. The van der Waals surface area contributed by atoms with E-state index in [0.717, 1.165) is 4.90 Å². The van der Waals surface area contributed by atoms with E-state index in [9.17, 15) is 24.0 Å². The summed E-state index contributed by atoms with van der Waals surface area (Å²) in [6, 6.07) is 12.2. The van der Waals surface area contributed by atoms with E-state index in [1.54, 1.807) is 18.2 Å². The SMILES string of the molecule is O=C(COC(=O)c1cccc(N2C(=O)[C@H]3CC=CC[C@H]3C2=O)c1)NNC(=O)c1ccccc1Cl. The second-order valence-corrected chi connectivity index (χ2v) is 8.18. The lowest BCUT2D eigenvalue weighted by atomic mass is 9.85. The van der Waals surface area contributed by atoms with Crippen LogP contribution >= 0.6 is 11.6 Å². The molecule has 0 unspecified atom stereocenters. The first-order valence-corrected chi connectivity index (χ1v) is 10.9. The Balaban J connectivity index is 1.33. The summed E-state index contributed by atoms with van der Waals surface area (Å²) in [5.74, 6) is -3.60. The minimum atomic E-state index is -0.826. The van der Waals surface area contributed by atoms with Gasteiger partial charge in [-0.2, -0.15) is 0 Å². The predicted octanol–water partition coefficient (Wildman–Crippen LogP) is 2.41. The molecule has 2 aromatic rings. The summed E-state index contributed by atoms with van der Waals surface area (Å²) in [7, 11) is 0. The smallest absolute Gasteiger partial charge is 0.338 e. The summed E-state index contributed by atoms with van der Waals surface area (Å²) >= 11 is 5.93. The van der Waals surface area contributed by atoms with Crippen LogP contribution < -0.4 is 15.8 Å². The van der Waals surface area contributed by atoms with E-state index in [1.807, 2.05) is 12.2 Å². The highest BCUT2D eigenvalue weighted by atomic mass is 35.5. The first kappa shape index (κ1) is 23.2. The van der Waals surface area contributed by atoms with Crippen LogP contribution in [0.2, 0.25) is 5.02 Å². The molecule has 1 saturated heterocycles. The van der Waals surface area contributed by atoms with Crippen LogP contribution in [-0.2, 0) is 19.1 Å². The largest absolute Gasteiger partial charge is 0.452 e. The van der Waals surface area contributed by atoms with Gasteiger partial charge in [-0.25, -0.2) is 4.79 Å². The average Bonchev–Trinajstić information content (AvgIpc) is 3.11. The molecule has 9 nitrogen and oxygen atoms in total. The van der Waals surface area contributed by atoms with E-state index in [2.05, 4.69) is 10.9 Å². The van der Waals surface area contributed by atoms with Gasteiger partial charge in [0.2, 0.25) is 11.8 Å². The molecule has 1 aliphatic heterocycles. The van der Waals surface area contributed by atoms with Crippen LogP contribution in [0.25, 0.3) is 0 Å². The highest BCUT2D eigenvalue weighted by molar-refractivity contribution is 6.33. The number of esters is 1. The zero-order valence-electron chi connectivity index (χ0n) is 17.8. The second kappa shape index (κ2) is 9.88. The highest BCUT2D eigenvalue weighted by Crippen LogP contribution is 2.37. The van der Waals surface area contributed by atoms with E-state index in [1.165, 1.54) is 30.3 Å². The van der Waals surface area contributed by atoms with Crippen molar-refractivity contribution in [2.45, 2.75) is 12.8 Å². The number of nitrogens with zero attached hydrogens (tertiary/aromatic N) is 1. The summed E-state index contributed by atoms with van der Waals surface area (Å²) in [4.78, 5) is 63.1. The Kier molecular flexibility index (Phi) is 6.74. The summed E-state index contributed by atoms with van der Waals surface area (Å²) in [5, 5.41) is 0.214. The van der Waals surface area contributed by atoms with Crippen molar-refractivity contribution >= 4 is 46.9 Å².